The lowest BCUT2D eigenvalue weighted by atomic mass is 9.82. The van der Waals surface area contributed by atoms with Gasteiger partial charge in [0.15, 0.2) is 13.2 Å². The minimum absolute atomic E-state index is 0.0249. The van der Waals surface area contributed by atoms with Gasteiger partial charge in [-0.05, 0) is 61.8 Å². The Labute approximate surface area is 285 Å². The van der Waals surface area contributed by atoms with Gasteiger partial charge in [0.2, 0.25) is 21.9 Å². The van der Waals surface area contributed by atoms with Crippen LogP contribution in [0.2, 0.25) is 0 Å². The topological polar surface area (TPSA) is 126 Å². The maximum atomic E-state index is 13.2. The summed E-state index contributed by atoms with van der Waals surface area (Å²) in [7, 11) is -4.49. The normalized spacial score (nSPS) is 19.0. The van der Waals surface area contributed by atoms with Crippen molar-refractivity contribution in [2.24, 2.45) is 11.8 Å². The summed E-state index contributed by atoms with van der Waals surface area (Å²) in [5.74, 6) is 0.315. The first-order valence-corrected chi connectivity index (χ1v) is 17.6. The van der Waals surface area contributed by atoms with Gasteiger partial charge in [0.1, 0.15) is 22.2 Å². The second-order valence-corrected chi connectivity index (χ2v) is 14.2. The molecule has 50 heavy (non-hydrogen) atoms. The number of carbonyl (C=O) groups excluding carboxylic acids is 1. The van der Waals surface area contributed by atoms with Crippen LogP contribution in [0.25, 0.3) is 10.9 Å². The third kappa shape index (κ3) is 10.2. The minimum atomic E-state index is -4.77. The lowest BCUT2D eigenvalue weighted by Crippen LogP contribution is -2.48. The Balaban J connectivity index is 1.17. The van der Waals surface area contributed by atoms with Crippen molar-refractivity contribution in [1.29, 1.82) is 0 Å². The van der Waals surface area contributed by atoms with Crippen molar-refractivity contribution in [3.63, 3.8) is 0 Å². The monoisotopic (exact) mass is 732 g/mol. The van der Waals surface area contributed by atoms with Crippen LogP contribution in [0.4, 0.5) is 38.1 Å². The molecule has 0 spiro atoms. The van der Waals surface area contributed by atoms with Gasteiger partial charge in [0, 0.05) is 57.6 Å². The molecule has 274 valence electrons. The Morgan fingerprint density at radius 3 is 2.12 bits per heavy atom. The van der Waals surface area contributed by atoms with E-state index in [2.05, 4.69) is 24.4 Å². The number of halogens is 6. The molecule has 3 aromatic rings. The van der Waals surface area contributed by atoms with Crippen LogP contribution in [0, 0.1) is 11.8 Å². The number of fused-ring (bicyclic) bond motifs is 1. The highest BCUT2D eigenvalue weighted by Gasteiger charge is 2.32. The zero-order valence-corrected chi connectivity index (χ0v) is 28.0. The quantitative estimate of drug-likeness (QED) is 0.236. The second kappa shape index (κ2) is 15.4. The molecule has 2 fully saturated rings. The fourth-order valence-corrected chi connectivity index (χ4v) is 7.30. The number of alkyl halides is 6. The Morgan fingerprint density at radius 2 is 1.48 bits per heavy atom. The lowest BCUT2D eigenvalue weighted by Gasteiger charge is -2.35. The van der Waals surface area contributed by atoms with Gasteiger partial charge in [-0.3, -0.25) is 4.79 Å². The van der Waals surface area contributed by atoms with Crippen molar-refractivity contribution in [2.75, 3.05) is 62.7 Å². The number of aromatic nitrogens is 2. The number of nitrogens with one attached hydrogen (secondary N) is 2. The number of para-hydroxylation sites is 1. The maximum Gasteiger partial charge on any atom is 0.422 e. The van der Waals surface area contributed by atoms with Crippen molar-refractivity contribution in [1.82, 2.24) is 19.6 Å². The molecule has 1 aromatic heterocycles. The van der Waals surface area contributed by atoms with E-state index in [1.54, 1.807) is 11.8 Å². The molecule has 2 heterocycles. The number of piperazine rings is 1. The molecule has 2 aromatic carbocycles. The first-order valence-electron chi connectivity index (χ1n) is 16.1. The van der Waals surface area contributed by atoms with Crippen LogP contribution in [-0.2, 0) is 14.8 Å². The Kier molecular flexibility index (Phi) is 11.5. The van der Waals surface area contributed by atoms with E-state index in [1.807, 2.05) is 24.3 Å². The van der Waals surface area contributed by atoms with Crippen LogP contribution < -0.4 is 24.4 Å². The maximum absolute atomic E-state index is 13.2. The summed E-state index contributed by atoms with van der Waals surface area (Å²) in [6.45, 7) is 1.11. The van der Waals surface area contributed by atoms with Crippen molar-refractivity contribution in [3.05, 3.63) is 42.5 Å². The zero-order valence-electron chi connectivity index (χ0n) is 27.2. The highest BCUT2D eigenvalue weighted by atomic mass is 32.2. The molecular formula is C32H38F6N6O5S. The SMILES string of the molecule is CC(=O)N1CCN(c2nc(NC[C@H]3CC[C@H](CNS(=O)(=O)c4cc(OCC(F)(F)F)ccc4OCC(F)(F)F)CC3)nc3ccccc23)CC1. The highest BCUT2D eigenvalue weighted by molar-refractivity contribution is 7.89. The number of anilines is 2. The molecule has 1 aliphatic carbocycles. The van der Waals surface area contributed by atoms with Gasteiger partial charge in [-0.1, -0.05) is 12.1 Å². The molecule has 0 atom stereocenters. The van der Waals surface area contributed by atoms with Crippen LogP contribution in [0.5, 0.6) is 11.5 Å². The van der Waals surface area contributed by atoms with Gasteiger partial charge in [-0.15, -0.1) is 0 Å². The molecule has 0 unspecified atom stereocenters. The number of sulfonamides is 1. The number of hydrogen-bond donors (Lipinski definition) is 2. The third-order valence-corrected chi connectivity index (χ3v) is 10.1. The molecule has 1 aliphatic heterocycles. The van der Waals surface area contributed by atoms with E-state index in [1.165, 1.54) is 0 Å². The summed E-state index contributed by atoms with van der Waals surface area (Å²) in [6, 6.07) is 10.2. The average molecular weight is 733 g/mol. The molecule has 11 nitrogen and oxygen atoms in total. The van der Waals surface area contributed by atoms with E-state index in [0.717, 1.165) is 41.7 Å². The molecule has 1 saturated carbocycles. The average Bonchev–Trinajstić information content (AvgIpc) is 3.07. The summed E-state index contributed by atoms with van der Waals surface area (Å²) in [4.78, 5) is 24.5. The Morgan fingerprint density at radius 1 is 0.860 bits per heavy atom. The summed E-state index contributed by atoms with van der Waals surface area (Å²) in [5, 5.41) is 4.27. The molecule has 2 aliphatic rings. The van der Waals surface area contributed by atoms with Crippen molar-refractivity contribution in [2.45, 2.75) is 49.9 Å². The van der Waals surface area contributed by atoms with Gasteiger partial charge in [-0.2, -0.15) is 31.3 Å². The third-order valence-electron chi connectivity index (χ3n) is 8.68. The van der Waals surface area contributed by atoms with Crippen LogP contribution in [0.15, 0.2) is 47.4 Å². The molecule has 5 rings (SSSR count). The Hall–Kier alpha value is -4.06. The van der Waals surface area contributed by atoms with E-state index in [9.17, 15) is 39.6 Å². The summed E-state index contributed by atoms with van der Waals surface area (Å²) in [6.07, 6.45) is -6.66. The number of nitrogens with zero attached hydrogens (tertiary/aromatic N) is 4. The predicted octanol–water partition coefficient (Wildman–Crippen LogP) is 5.38. The molecule has 0 bridgehead atoms. The fourth-order valence-electron chi connectivity index (χ4n) is 6.03. The summed E-state index contributed by atoms with van der Waals surface area (Å²) >= 11 is 0. The van der Waals surface area contributed by atoms with E-state index < -0.39 is 52.0 Å². The summed E-state index contributed by atoms with van der Waals surface area (Å²) < 4.78 is 114. The van der Waals surface area contributed by atoms with Crippen LogP contribution in [0.3, 0.4) is 0 Å². The molecular weight excluding hydrogens is 694 g/mol. The predicted molar refractivity (Wildman–Crippen MR) is 173 cm³/mol. The molecule has 0 radical (unpaired) electrons. The van der Waals surface area contributed by atoms with Gasteiger partial charge in [0.05, 0.1) is 5.52 Å². The lowest BCUT2D eigenvalue weighted by molar-refractivity contribution is -0.154. The van der Waals surface area contributed by atoms with E-state index in [-0.39, 0.29) is 24.3 Å². The number of benzene rings is 2. The van der Waals surface area contributed by atoms with E-state index >= 15 is 0 Å². The number of hydrogen-bond acceptors (Lipinski definition) is 9. The molecule has 18 heteroatoms. The first-order chi connectivity index (χ1) is 23.6. The number of amides is 1. The van der Waals surface area contributed by atoms with Gasteiger partial charge in [0.25, 0.3) is 0 Å². The summed E-state index contributed by atoms with van der Waals surface area (Å²) in [5.41, 5.74) is 0.786. The van der Waals surface area contributed by atoms with Gasteiger partial charge in [-0.25, -0.2) is 18.1 Å². The van der Waals surface area contributed by atoms with E-state index in [4.69, 9.17) is 9.97 Å². The molecule has 1 saturated heterocycles. The number of ether oxygens (including phenoxy) is 2. The van der Waals surface area contributed by atoms with Crippen molar-refractivity contribution >= 4 is 38.6 Å². The highest BCUT2D eigenvalue weighted by Crippen LogP contribution is 2.33. The first kappa shape index (κ1) is 37.2. The van der Waals surface area contributed by atoms with Crippen molar-refractivity contribution in [3.8, 4) is 11.5 Å². The van der Waals surface area contributed by atoms with Gasteiger partial charge < -0.3 is 24.6 Å². The Bertz CT molecular complexity index is 1740. The smallest absolute Gasteiger partial charge is 0.422 e. The largest absolute Gasteiger partial charge is 0.484 e. The fraction of sp³-hybridized carbons (Fsp3) is 0.531. The minimum Gasteiger partial charge on any atom is -0.484 e. The second-order valence-electron chi connectivity index (χ2n) is 12.4. The number of carbonyl (C=O) groups is 1. The van der Waals surface area contributed by atoms with Crippen LogP contribution in [0.1, 0.15) is 32.6 Å². The van der Waals surface area contributed by atoms with Crippen LogP contribution >= 0.6 is 0 Å². The van der Waals surface area contributed by atoms with Gasteiger partial charge >= 0.3 is 12.4 Å². The van der Waals surface area contributed by atoms with Crippen LogP contribution in [-0.4, -0.2) is 94.0 Å². The molecule has 2 N–H and O–H groups in total. The van der Waals surface area contributed by atoms with Crippen molar-refractivity contribution < 1.29 is 49.0 Å². The number of rotatable bonds is 12. The molecule has 1 amide bonds. The standard InChI is InChI=1S/C32H38F6N6O5S/c1-21(45)43-12-14-44(15-13-43)29-25-4-2-3-5-26(25)41-30(42-29)39-17-22-6-8-23(9-7-22)18-40-50(46,47)28-16-24(48-19-31(33,34)35)10-11-27(28)49-20-32(36,37)38/h2-5,10-11,16,22-23,40H,6-9,12-15,17-20H2,1H3,(H,39,41,42)/t22-,23-. The zero-order chi connectivity index (χ0) is 36.1. The van der Waals surface area contributed by atoms with E-state index in [0.29, 0.717) is 57.6 Å².